The van der Waals surface area contributed by atoms with E-state index in [0.29, 0.717) is 17.7 Å². The Kier molecular flexibility index (Phi) is 5.43. The molecule has 118 valence electrons. The van der Waals surface area contributed by atoms with Crippen molar-refractivity contribution in [3.05, 3.63) is 36.3 Å². The zero-order valence-electron chi connectivity index (χ0n) is 12.1. The van der Waals surface area contributed by atoms with Gasteiger partial charge in [-0.25, -0.2) is 9.18 Å². The molecule has 0 aliphatic heterocycles. The van der Waals surface area contributed by atoms with Crippen LogP contribution in [-0.2, 0) is 16.1 Å². The van der Waals surface area contributed by atoms with Gasteiger partial charge in [0.1, 0.15) is 18.4 Å². The molecule has 1 aromatic carbocycles. The highest BCUT2D eigenvalue weighted by Gasteiger charge is 2.19. The standard InChI is InChI=1S/C15H17FN2O3S/c1-22-7-5-12(15(20)21)17-14(19)9-18-6-4-10-2-3-11(16)8-13(10)18/h2-4,6,8,12H,5,7,9H2,1H3,(H,17,19)(H,20,21). The number of aliphatic carboxylic acids is 1. The molecular weight excluding hydrogens is 307 g/mol. The van der Waals surface area contributed by atoms with E-state index >= 15 is 0 Å². The van der Waals surface area contributed by atoms with Crippen LogP contribution in [0.2, 0.25) is 0 Å². The van der Waals surface area contributed by atoms with Crippen molar-refractivity contribution < 1.29 is 19.1 Å². The zero-order chi connectivity index (χ0) is 16.1. The average Bonchev–Trinajstić information content (AvgIpc) is 2.85. The predicted octanol–water partition coefficient (Wildman–Crippen LogP) is 2.10. The average molecular weight is 324 g/mol. The minimum atomic E-state index is -1.05. The number of carbonyl (C=O) groups is 2. The number of carboxylic acids is 1. The van der Waals surface area contributed by atoms with E-state index < -0.39 is 17.9 Å². The Hall–Kier alpha value is -2.02. The lowest BCUT2D eigenvalue weighted by Gasteiger charge is -2.14. The first-order valence-corrected chi connectivity index (χ1v) is 8.16. The van der Waals surface area contributed by atoms with Crippen LogP contribution < -0.4 is 5.32 Å². The van der Waals surface area contributed by atoms with Gasteiger partial charge in [-0.2, -0.15) is 11.8 Å². The Morgan fingerprint density at radius 1 is 1.41 bits per heavy atom. The number of carbonyl (C=O) groups excluding carboxylic acids is 1. The van der Waals surface area contributed by atoms with Gasteiger partial charge in [0.25, 0.3) is 0 Å². The lowest BCUT2D eigenvalue weighted by atomic mass is 10.2. The first-order chi connectivity index (χ1) is 10.5. The molecule has 1 amide bonds. The number of thioether (sulfide) groups is 1. The summed E-state index contributed by atoms with van der Waals surface area (Å²) in [5.74, 6) is -1.19. The molecule has 0 saturated heterocycles. The van der Waals surface area contributed by atoms with Crippen molar-refractivity contribution in [1.82, 2.24) is 9.88 Å². The number of aromatic nitrogens is 1. The fourth-order valence-corrected chi connectivity index (χ4v) is 2.65. The van der Waals surface area contributed by atoms with E-state index in [9.17, 15) is 14.0 Å². The minimum absolute atomic E-state index is 0.0456. The first-order valence-electron chi connectivity index (χ1n) is 6.76. The van der Waals surface area contributed by atoms with Gasteiger partial charge < -0.3 is 15.0 Å². The highest BCUT2D eigenvalue weighted by molar-refractivity contribution is 7.98. The summed E-state index contributed by atoms with van der Waals surface area (Å²) in [6, 6.07) is 5.22. The Morgan fingerprint density at radius 2 is 2.18 bits per heavy atom. The number of fused-ring (bicyclic) bond motifs is 1. The number of carboxylic acid groups (broad SMARTS) is 1. The van der Waals surface area contributed by atoms with E-state index in [4.69, 9.17) is 5.11 Å². The molecule has 22 heavy (non-hydrogen) atoms. The van der Waals surface area contributed by atoms with Crippen molar-refractivity contribution in [3.8, 4) is 0 Å². The molecule has 2 aromatic rings. The molecule has 1 atom stereocenters. The number of hydrogen-bond acceptors (Lipinski definition) is 3. The number of rotatable bonds is 7. The molecule has 0 aliphatic rings. The summed E-state index contributed by atoms with van der Waals surface area (Å²) in [7, 11) is 0. The summed E-state index contributed by atoms with van der Waals surface area (Å²) in [5, 5.41) is 12.4. The Labute approximate surface area is 131 Å². The molecular formula is C15H17FN2O3S. The molecule has 2 rings (SSSR count). The second-order valence-corrected chi connectivity index (χ2v) is 5.87. The maximum atomic E-state index is 13.3. The van der Waals surface area contributed by atoms with Crippen LogP contribution in [0.15, 0.2) is 30.5 Å². The number of benzene rings is 1. The topological polar surface area (TPSA) is 71.3 Å². The van der Waals surface area contributed by atoms with Crippen LogP contribution in [0, 0.1) is 5.82 Å². The number of amides is 1. The van der Waals surface area contributed by atoms with Crippen molar-refractivity contribution in [1.29, 1.82) is 0 Å². The fourth-order valence-electron chi connectivity index (χ4n) is 2.18. The highest BCUT2D eigenvalue weighted by Crippen LogP contribution is 2.17. The monoisotopic (exact) mass is 324 g/mol. The molecule has 0 radical (unpaired) electrons. The van der Waals surface area contributed by atoms with Gasteiger partial charge in [0, 0.05) is 6.20 Å². The predicted molar refractivity (Wildman–Crippen MR) is 84.5 cm³/mol. The molecule has 0 aliphatic carbocycles. The summed E-state index contributed by atoms with van der Waals surface area (Å²) in [6.45, 7) is -0.0456. The van der Waals surface area contributed by atoms with Gasteiger partial charge in [0.15, 0.2) is 0 Å². The summed E-state index contributed by atoms with van der Waals surface area (Å²) in [4.78, 5) is 23.1. The van der Waals surface area contributed by atoms with Gasteiger partial charge in [0.05, 0.1) is 5.52 Å². The number of hydrogen-bond donors (Lipinski definition) is 2. The molecule has 5 nitrogen and oxygen atoms in total. The molecule has 0 bridgehead atoms. The lowest BCUT2D eigenvalue weighted by Crippen LogP contribution is -2.42. The van der Waals surface area contributed by atoms with Crippen molar-refractivity contribution in [2.45, 2.75) is 19.0 Å². The van der Waals surface area contributed by atoms with E-state index in [1.165, 1.54) is 23.9 Å². The quantitative estimate of drug-likeness (QED) is 0.818. The summed E-state index contributed by atoms with van der Waals surface area (Å²) >= 11 is 1.52. The number of nitrogens with zero attached hydrogens (tertiary/aromatic N) is 1. The van der Waals surface area contributed by atoms with Crippen LogP contribution >= 0.6 is 11.8 Å². The molecule has 0 saturated carbocycles. The van der Waals surface area contributed by atoms with Crippen LogP contribution in [0.1, 0.15) is 6.42 Å². The van der Waals surface area contributed by atoms with Gasteiger partial charge in [-0.1, -0.05) is 0 Å². The van der Waals surface area contributed by atoms with Crippen LogP contribution in [0.25, 0.3) is 10.9 Å². The smallest absolute Gasteiger partial charge is 0.326 e. The third-order valence-electron chi connectivity index (χ3n) is 3.29. The minimum Gasteiger partial charge on any atom is -0.480 e. The molecule has 2 N–H and O–H groups in total. The second-order valence-electron chi connectivity index (χ2n) is 4.89. The molecule has 0 fully saturated rings. The summed E-state index contributed by atoms with van der Waals surface area (Å²) < 4.78 is 14.9. The van der Waals surface area contributed by atoms with Crippen molar-refractivity contribution in [2.75, 3.05) is 12.0 Å². The van der Waals surface area contributed by atoms with Gasteiger partial charge in [-0.05, 0) is 48.1 Å². The maximum Gasteiger partial charge on any atom is 0.326 e. The molecule has 1 unspecified atom stereocenters. The van der Waals surface area contributed by atoms with Crippen LogP contribution in [0.3, 0.4) is 0 Å². The number of nitrogens with one attached hydrogen (secondary N) is 1. The fraction of sp³-hybridized carbons (Fsp3) is 0.333. The van der Waals surface area contributed by atoms with Crippen molar-refractivity contribution in [2.24, 2.45) is 0 Å². The maximum absolute atomic E-state index is 13.3. The molecule has 0 spiro atoms. The SMILES string of the molecule is CSCCC(NC(=O)Cn1ccc2ccc(F)cc21)C(=O)O. The molecule has 1 aromatic heterocycles. The zero-order valence-corrected chi connectivity index (χ0v) is 12.9. The van der Waals surface area contributed by atoms with Gasteiger partial charge in [0.2, 0.25) is 5.91 Å². The Balaban J connectivity index is 2.06. The van der Waals surface area contributed by atoms with Crippen LogP contribution in [0.4, 0.5) is 4.39 Å². The van der Waals surface area contributed by atoms with Crippen LogP contribution in [0.5, 0.6) is 0 Å². The third-order valence-corrected chi connectivity index (χ3v) is 3.94. The summed E-state index contributed by atoms with van der Waals surface area (Å²) in [5.41, 5.74) is 0.603. The second kappa shape index (κ2) is 7.31. The van der Waals surface area contributed by atoms with Gasteiger partial charge in [-0.3, -0.25) is 4.79 Å². The molecule has 7 heteroatoms. The van der Waals surface area contributed by atoms with E-state index in [-0.39, 0.29) is 12.4 Å². The van der Waals surface area contributed by atoms with E-state index in [2.05, 4.69) is 5.32 Å². The van der Waals surface area contributed by atoms with Gasteiger partial charge >= 0.3 is 5.97 Å². The van der Waals surface area contributed by atoms with E-state index in [1.807, 2.05) is 6.26 Å². The highest BCUT2D eigenvalue weighted by atomic mass is 32.2. The number of halogens is 1. The van der Waals surface area contributed by atoms with Crippen LogP contribution in [-0.4, -0.2) is 39.6 Å². The Bertz CT molecular complexity index is 686. The van der Waals surface area contributed by atoms with E-state index in [1.54, 1.807) is 22.9 Å². The van der Waals surface area contributed by atoms with Crippen molar-refractivity contribution in [3.63, 3.8) is 0 Å². The van der Waals surface area contributed by atoms with Gasteiger partial charge in [-0.15, -0.1) is 0 Å². The van der Waals surface area contributed by atoms with Crippen molar-refractivity contribution >= 4 is 34.5 Å². The third kappa shape index (κ3) is 4.00. The first kappa shape index (κ1) is 16.4. The van der Waals surface area contributed by atoms with E-state index in [0.717, 1.165) is 5.39 Å². The Morgan fingerprint density at radius 3 is 2.86 bits per heavy atom. The summed E-state index contributed by atoms with van der Waals surface area (Å²) in [6.07, 6.45) is 3.92. The normalized spacial score (nSPS) is 12.3. The lowest BCUT2D eigenvalue weighted by molar-refractivity contribution is -0.141. The molecule has 1 heterocycles. The largest absolute Gasteiger partial charge is 0.480 e.